The van der Waals surface area contributed by atoms with Crippen LogP contribution in [0.4, 0.5) is 6.01 Å². The van der Waals surface area contributed by atoms with Gasteiger partial charge in [0.1, 0.15) is 10.5 Å². The number of rotatable bonds is 3. The number of hydrogen-bond donors (Lipinski definition) is 1. The second kappa shape index (κ2) is 7.35. The molecular weight excluding hydrogens is 398 g/mol. The summed E-state index contributed by atoms with van der Waals surface area (Å²) in [5.41, 5.74) is 3.00. The van der Waals surface area contributed by atoms with Gasteiger partial charge < -0.3 is 19.5 Å². The number of fused-ring (bicyclic) bond motifs is 3. The zero-order valence-corrected chi connectivity index (χ0v) is 17.7. The lowest BCUT2D eigenvalue weighted by Gasteiger charge is -2.31. The highest BCUT2D eigenvalue weighted by molar-refractivity contribution is 7.13. The molecule has 2 bridgehead atoms. The van der Waals surface area contributed by atoms with Crippen LogP contribution in [-0.4, -0.2) is 59.0 Å². The summed E-state index contributed by atoms with van der Waals surface area (Å²) in [6.07, 6.45) is 7.56. The zero-order chi connectivity index (χ0) is 20.1. The van der Waals surface area contributed by atoms with Crippen LogP contribution < -0.4 is 10.2 Å². The summed E-state index contributed by atoms with van der Waals surface area (Å²) >= 11 is 1.56. The van der Waals surface area contributed by atoms with Crippen LogP contribution in [0, 0.1) is 0 Å². The van der Waals surface area contributed by atoms with E-state index in [0.29, 0.717) is 23.7 Å². The third kappa shape index (κ3) is 3.18. The minimum atomic E-state index is 0.0826. The van der Waals surface area contributed by atoms with Gasteiger partial charge in [-0.1, -0.05) is 0 Å². The van der Waals surface area contributed by atoms with E-state index in [4.69, 9.17) is 9.40 Å². The molecule has 7 nitrogen and oxygen atoms in total. The van der Waals surface area contributed by atoms with E-state index >= 15 is 0 Å². The lowest BCUT2D eigenvalue weighted by atomic mass is 10.1. The van der Waals surface area contributed by atoms with Crippen LogP contribution in [0.3, 0.4) is 0 Å². The number of nitrogens with zero attached hydrogens (tertiary/aromatic N) is 4. The van der Waals surface area contributed by atoms with Crippen molar-refractivity contribution in [3.05, 3.63) is 29.3 Å². The lowest BCUT2D eigenvalue weighted by molar-refractivity contribution is 0.0724. The van der Waals surface area contributed by atoms with Crippen LogP contribution in [0.2, 0.25) is 0 Å². The fourth-order valence-corrected chi connectivity index (χ4v) is 5.68. The molecule has 0 aliphatic carbocycles. The van der Waals surface area contributed by atoms with Gasteiger partial charge in [-0.3, -0.25) is 4.79 Å². The van der Waals surface area contributed by atoms with Crippen molar-refractivity contribution >= 4 is 34.4 Å². The van der Waals surface area contributed by atoms with Crippen molar-refractivity contribution < 1.29 is 9.21 Å². The molecular formula is C22H25N5O2S. The number of likely N-dealkylation sites (tertiary alicyclic amines) is 1. The standard InChI is InChI=1S/C22H25N5O2S/c28-21(26-7-2-1-3-8-26)14-10-17(20-23-6-9-30-20)19-18(11-14)25-22(29-19)27-12-15-4-5-16(13-27)24-15/h6,9-11,15-16,24H,1-5,7-8,12-13H2. The fraction of sp³-hybridized carbons (Fsp3) is 0.500. The summed E-state index contributed by atoms with van der Waals surface area (Å²) in [6.45, 7) is 3.49. The number of amides is 1. The maximum Gasteiger partial charge on any atom is 0.298 e. The summed E-state index contributed by atoms with van der Waals surface area (Å²) in [4.78, 5) is 26.7. The van der Waals surface area contributed by atoms with E-state index in [2.05, 4.69) is 15.2 Å². The van der Waals surface area contributed by atoms with Gasteiger partial charge in [-0.15, -0.1) is 11.3 Å². The van der Waals surface area contributed by atoms with Gasteiger partial charge in [0.2, 0.25) is 0 Å². The monoisotopic (exact) mass is 423 g/mol. The van der Waals surface area contributed by atoms with E-state index < -0.39 is 0 Å². The van der Waals surface area contributed by atoms with Gasteiger partial charge in [0.05, 0.1) is 5.56 Å². The molecule has 3 aliphatic heterocycles. The second-order valence-corrected chi connectivity index (χ2v) is 9.50. The highest BCUT2D eigenvalue weighted by Crippen LogP contribution is 2.35. The smallest absolute Gasteiger partial charge is 0.298 e. The number of benzene rings is 1. The van der Waals surface area contributed by atoms with Gasteiger partial charge in [-0.25, -0.2) is 4.98 Å². The summed E-state index contributed by atoms with van der Waals surface area (Å²) in [7, 11) is 0. The van der Waals surface area contributed by atoms with Crippen LogP contribution in [-0.2, 0) is 0 Å². The average molecular weight is 424 g/mol. The Hall–Kier alpha value is -2.45. The topological polar surface area (TPSA) is 74.5 Å². The van der Waals surface area contributed by atoms with Crippen molar-refractivity contribution in [2.75, 3.05) is 31.1 Å². The number of aromatic nitrogens is 2. The second-order valence-electron chi connectivity index (χ2n) is 8.60. The predicted molar refractivity (Wildman–Crippen MR) is 117 cm³/mol. The normalized spacial score (nSPS) is 24.0. The van der Waals surface area contributed by atoms with Crippen molar-refractivity contribution in [3.63, 3.8) is 0 Å². The minimum absolute atomic E-state index is 0.0826. The molecule has 1 aromatic carbocycles. The molecule has 5 heterocycles. The van der Waals surface area contributed by atoms with Crippen LogP contribution in [0.25, 0.3) is 21.7 Å². The van der Waals surface area contributed by atoms with Crippen molar-refractivity contribution in [2.45, 2.75) is 44.2 Å². The van der Waals surface area contributed by atoms with Gasteiger partial charge in [0, 0.05) is 55.4 Å². The number of oxazole rings is 1. The Morgan fingerprint density at radius 1 is 1.13 bits per heavy atom. The Bertz CT molecular complexity index is 1060. The van der Waals surface area contributed by atoms with E-state index in [0.717, 1.165) is 60.7 Å². The molecule has 0 radical (unpaired) electrons. The minimum Gasteiger partial charge on any atom is -0.423 e. The van der Waals surface area contributed by atoms with Gasteiger partial charge >= 0.3 is 0 Å². The van der Waals surface area contributed by atoms with Crippen molar-refractivity contribution in [3.8, 4) is 10.6 Å². The van der Waals surface area contributed by atoms with Crippen molar-refractivity contribution in [1.29, 1.82) is 0 Å². The van der Waals surface area contributed by atoms with E-state index in [9.17, 15) is 4.79 Å². The van der Waals surface area contributed by atoms with Crippen molar-refractivity contribution in [2.24, 2.45) is 0 Å². The summed E-state index contributed by atoms with van der Waals surface area (Å²) in [5.74, 6) is 0.0826. The van der Waals surface area contributed by atoms with Crippen LogP contribution in [0.15, 0.2) is 28.1 Å². The fourth-order valence-electron chi connectivity index (χ4n) is 5.03. The van der Waals surface area contributed by atoms with E-state index in [1.807, 2.05) is 22.4 Å². The highest BCUT2D eigenvalue weighted by Gasteiger charge is 2.34. The number of piperazine rings is 1. The van der Waals surface area contributed by atoms with Crippen LogP contribution in [0.1, 0.15) is 42.5 Å². The molecule has 0 spiro atoms. The number of anilines is 1. The van der Waals surface area contributed by atoms with Crippen LogP contribution in [0.5, 0.6) is 0 Å². The molecule has 1 amide bonds. The molecule has 1 N–H and O–H groups in total. The first-order chi connectivity index (χ1) is 14.7. The maximum absolute atomic E-state index is 13.2. The number of thiazole rings is 1. The summed E-state index contributed by atoms with van der Waals surface area (Å²) in [6, 6.07) is 5.51. The SMILES string of the molecule is O=C(c1cc(-c2nccs2)c2oc(N3CC4CCC(C3)N4)nc2c1)N1CCCCC1. The van der Waals surface area contributed by atoms with E-state index in [1.165, 1.54) is 19.3 Å². The van der Waals surface area contributed by atoms with E-state index in [1.54, 1.807) is 17.5 Å². The van der Waals surface area contributed by atoms with Gasteiger partial charge in [0.15, 0.2) is 5.58 Å². The summed E-state index contributed by atoms with van der Waals surface area (Å²) in [5, 5.41) is 6.46. The highest BCUT2D eigenvalue weighted by atomic mass is 32.1. The third-order valence-corrected chi connectivity index (χ3v) is 7.33. The summed E-state index contributed by atoms with van der Waals surface area (Å²) < 4.78 is 6.30. The van der Waals surface area contributed by atoms with E-state index in [-0.39, 0.29) is 5.91 Å². The Kier molecular flexibility index (Phi) is 4.49. The first-order valence-electron chi connectivity index (χ1n) is 10.9. The van der Waals surface area contributed by atoms with Crippen LogP contribution >= 0.6 is 11.3 Å². The zero-order valence-electron chi connectivity index (χ0n) is 16.8. The van der Waals surface area contributed by atoms with Gasteiger partial charge in [-0.2, -0.15) is 4.98 Å². The molecule has 2 atom stereocenters. The number of nitrogens with one attached hydrogen (secondary N) is 1. The molecule has 2 aromatic heterocycles. The molecule has 6 rings (SSSR count). The molecule has 8 heteroatoms. The first kappa shape index (κ1) is 18.3. The predicted octanol–water partition coefficient (Wildman–Crippen LogP) is 3.52. The third-order valence-electron chi connectivity index (χ3n) is 6.52. The largest absolute Gasteiger partial charge is 0.423 e. The lowest BCUT2D eigenvalue weighted by Crippen LogP contribution is -2.51. The molecule has 3 fully saturated rings. The number of carbonyl (C=O) groups is 1. The van der Waals surface area contributed by atoms with Gasteiger partial charge in [-0.05, 0) is 44.2 Å². The molecule has 156 valence electrons. The molecule has 0 saturated carbocycles. The van der Waals surface area contributed by atoms with Gasteiger partial charge in [0.25, 0.3) is 11.9 Å². The number of piperidine rings is 1. The molecule has 30 heavy (non-hydrogen) atoms. The molecule has 3 aliphatic rings. The number of carbonyl (C=O) groups excluding carboxylic acids is 1. The average Bonchev–Trinajstić information content (AvgIpc) is 3.53. The molecule has 3 saturated heterocycles. The molecule has 3 aromatic rings. The Morgan fingerprint density at radius 2 is 1.93 bits per heavy atom. The Morgan fingerprint density at radius 3 is 2.67 bits per heavy atom. The van der Waals surface area contributed by atoms with Crippen molar-refractivity contribution in [1.82, 2.24) is 20.2 Å². The maximum atomic E-state index is 13.2. The number of hydrogen-bond acceptors (Lipinski definition) is 7. The molecule has 2 unspecified atom stereocenters. The first-order valence-corrected chi connectivity index (χ1v) is 11.8. The Balaban J connectivity index is 1.42. The quantitative estimate of drug-likeness (QED) is 0.695. The Labute approximate surface area is 179 Å².